The molecule has 0 saturated carbocycles. The van der Waals surface area contributed by atoms with E-state index in [1.54, 1.807) is 12.1 Å². The van der Waals surface area contributed by atoms with Gasteiger partial charge in [-0.2, -0.15) is 0 Å². The van der Waals surface area contributed by atoms with Crippen molar-refractivity contribution in [3.05, 3.63) is 60.3 Å². The topological polar surface area (TPSA) is 80.6 Å². The SMILES string of the molecule is CC(=O)n1c(CC(=O)[C@@H]2CCCN2C(=O)Nc2cccc(OC(F)(F)F)c2)cc2ccccc21. The third kappa shape index (κ3) is 5.05. The van der Waals surface area contributed by atoms with Crippen LogP contribution in [0.4, 0.5) is 23.7 Å². The fourth-order valence-electron chi connectivity index (χ4n) is 4.32. The lowest BCUT2D eigenvalue weighted by Crippen LogP contribution is -2.43. The van der Waals surface area contributed by atoms with Gasteiger partial charge in [-0.3, -0.25) is 14.2 Å². The second kappa shape index (κ2) is 9.20. The third-order valence-corrected chi connectivity index (χ3v) is 5.66. The summed E-state index contributed by atoms with van der Waals surface area (Å²) in [6, 6.07) is 12.7. The Morgan fingerprint density at radius 2 is 1.85 bits per heavy atom. The summed E-state index contributed by atoms with van der Waals surface area (Å²) < 4.78 is 42.8. The summed E-state index contributed by atoms with van der Waals surface area (Å²) in [5.74, 6) is -0.894. The monoisotopic (exact) mass is 473 g/mol. The van der Waals surface area contributed by atoms with Crippen molar-refractivity contribution in [1.82, 2.24) is 9.47 Å². The number of nitrogens with one attached hydrogen (secondary N) is 1. The van der Waals surface area contributed by atoms with Gasteiger partial charge >= 0.3 is 12.4 Å². The largest absolute Gasteiger partial charge is 0.573 e. The van der Waals surface area contributed by atoms with E-state index in [0.29, 0.717) is 30.6 Å². The molecule has 1 aliphatic rings. The average Bonchev–Trinajstić information content (AvgIpc) is 3.37. The number of benzene rings is 2. The number of hydrogen-bond donors (Lipinski definition) is 1. The van der Waals surface area contributed by atoms with Crippen molar-refractivity contribution in [3.8, 4) is 5.75 Å². The number of carbonyl (C=O) groups is 3. The number of ketones is 1. The molecule has 0 radical (unpaired) electrons. The minimum absolute atomic E-state index is 0.0301. The van der Waals surface area contributed by atoms with Crippen molar-refractivity contribution in [2.75, 3.05) is 11.9 Å². The number of alkyl halides is 3. The van der Waals surface area contributed by atoms with Crippen LogP contribution in [0.25, 0.3) is 10.9 Å². The van der Waals surface area contributed by atoms with E-state index in [1.807, 2.05) is 18.2 Å². The first-order valence-electron chi connectivity index (χ1n) is 10.7. The molecule has 7 nitrogen and oxygen atoms in total. The Hall–Kier alpha value is -3.82. The van der Waals surface area contributed by atoms with E-state index in [9.17, 15) is 27.6 Å². The highest BCUT2D eigenvalue weighted by Gasteiger charge is 2.35. The van der Waals surface area contributed by atoms with Gasteiger partial charge in [0.05, 0.1) is 11.6 Å². The summed E-state index contributed by atoms with van der Waals surface area (Å²) in [6.45, 7) is 1.75. The fourth-order valence-corrected chi connectivity index (χ4v) is 4.32. The van der Waals surface area contributed by atoms with Gasteiger partial charge in [0.2, 0.25) is 5.91 Å². The minimum atomic E-state index is -4.85. The lowest BCUT2D eigenvalue weighted by atomic mass is 10.1. The number of likely N-dealkylation sites (tertiary alicyclic amines) is 1. The number of anilines is 1. The molecule has 0 unspecified atom stereocenters. The number of rotatable bonds is 5. The fraction of sp³-hybridized carbons (Fsp3) is 0.292. The number of hydrogen-bond acceptors (Lipinski definition) is 4. The molecule has 34 heavy (non-hydrogen) atoms. The molecule has 2 heterocycles. The van der Waals surface area contributed by atoms with Crippen molar-refractivity contribution in [2.24, 2.45) is 0 Å². The van der Waals surface area contributed by atoms with Gasteiger partial charge in [-0.1, -0.05) is 24.3 Å². The number of urea groups is 1. The van der Waals surface area contributed by atoms with E-state index in [1.165, 1.54) is 28.5 Å². The van der Waals surface area contributed by atoms with Crippen LogP contribution in [-0.4, -0.2) is 46.1 Å². The molecule has 178 valence electrons. The summed E-state index contributed by atoms with van der Waals surface area (Å²) in [5, 5.41) is 3.37. The number of amides is 2. The average molecular weight is 473 g/mol. The molecule has 4 rings (SSSR count). The van der Waals surface area contributed by atoms with Crippen LogP contribution in [0.15, 0.2) is 54.6 Å². The zero-order valence-electron chi connectivity index (χ0n) is 18.3. The second-order valence-corrected chi connectivity index (χ2v) is 8.05. The molecule has 1 aromatic heterocycles. The van der Waals surface area contributed by atoms with E-state index < -0.39 is 24.2 Å². The number of nitrogens with zero attached hydrogens (tertiary/aromatic N) is 2. The Labute approximate surface area is 193 Å². The smallest absolute Gasteiger partial charge is 0.406 e. The molecule has 0 aliphatic carbocycles. The van der Waals surface area contributed by atoms with E-state index in [-0.39, 0.29) is 23.8 Å². The van der Waals surface area contributed by atoms with Crippen molar-refractivity contribution in [1.29, 1.82) is 0 Å². The lowest BCUT2D eigenvalue weighted by Gasteiger charge is -2.24. The highest BCUT2D eigenvalue weighted by Crippen LogP contribution is 2.27. The van der Waals surface area contributed by atoms with E-state index >= 15 is 0 Å². The van der Waals surface area contributed by atoms with E-state index in [0.717, 1.165) is 17.5 Å². The maximum Gasteiger partial charge on any atom is 0.573 e. The molecule has 1 saturated heterocycles. The van der Waals surface area contributed by atoms with Gasteiger partial charge in [-0.05, 0) is 37.1 Å². The summed E-state index contributed by atoms with van der Waals surface area (Å²) in [7, 11) is 0. The van der Waals surface area contributed by atoms with E-state index in [4.69, 9.17) is 0 Å². The van der Waals surface area contributed by atoms with Crippen LogP contribution in [0.1, 0.15) is 30.3 Å². The Balaban J connectivity index is 1.49. The first kappa shape index (κ1) is 23.3. The Morgan fingerprint density at radius 1 is 1.09 bits per heavy atom. The molecule has 1 N–H and O–H groups in total. The van der Waals surface area contributed by atoms with Crippen LogP contribution in [0.5, 0.6) is 5.75 Å². The number of Topliss-reactive ketones (excluding diaryl/α,β-unsaturated/α-hetero) is 1. The first-order valence-corrected chi connectivity index (χ1v) is 10.7. The quantitative estimate of drug-likeness (QED) is 0.565. The standard InChI is InChI=1S/C24H22F3N3O4/c1-15(31)30-18(12-16-6-2-3-9-20(16)30)14-22(32)21-10-5-11-29(21)23(33)28-17-7-4-8-19(13-17)34-24(25,26)27/h2-4,6-9,12-13,21H,5,10-11,14H2,1H3,(H,28,33)/t21-/m0/s1. The van der Waals surface area contributed by atoms with Crippen LogP contribution in [0.2, 0.25) is 0 Å². The lowest BCUT2D eigenvalue weighted by molar-refractivity contribution is -0.274. The van der Waals surface area contributed by atoms with Gasteiger partial charge in [0.15, 0.2) is 5.78 Å². The zero-order valence-corrected chi connectivity index (χ0v) is 18.3. The number of carbonyl (C=O) groups excluding carboxylic acids is 3. The molecular formula is C24H22F3N3O4. The van der Waals surface area contributed by atoms with Crippen molar-refractivity contribution < 1.29 is 32.3 Å². The van der Waals surface area contributed by atoms with Gasteiger partial charge < -0.3 is 15.0 Å². The Bertz CT molecular complexity index is 1250. The first-order chi connectivity index (χ1) is 16.1. The summed E-state index contributed by atoms with van der Waals surface area (Å²) in [6.07, 6.45) is -3.81. The molecule has 0 bridgehead atoms. The Morgan fingerprint density at radius 3 is 2.59 bits per heavy atom. The number of aromatic nitrogens is 1. The predicted octanol–water partition coefficient (Wildman–Crippen LogP) is 5.01. The number of ether oxygens (including phenoxy) is 1. The van der Waals surface area contributed by atoms with Gasteiger partial charge in [-0.25, -0.2) is 4.79 Å². The zero-order chi connectivity index (χ0) is 24.5. The predicted molar refractivity (Wildman–Crippen MR) is 119 cm³/mol. The third-order valence-electron chi connectivity index (χ3n) is 5.66. The van der Waals surface area contributed by atoms with Gasteiger partial charge in [0.1, 0.15) is 5.75 Å². The van der Waals surface area contributed by atoms with Crippen molar-refractivity contribution >= 4 is 34.3 Å². The van der Waals surface area contributed by atoms with Crippen LogP contribution in [0.3, 0.4) is 0 Å². The van der Waals surface area contributed by atoms with Crippen LogP contribution in [0, 0.1) is 0 Å². The normalized spacial score (nSPS) is 16.0. The Kier molecular flexibility index (Phi) is 6.32. The molecule has 0 spiro atoms. The summed E-state index contributed by atoms with van der Waals surface area (Å²) in [4.78, 5) is 39.6. The van der Waals surface area contributed by atoms with Crippen LogP contribution in [-0.2, 0) is 11.2 Å². The van der Waals surface area contributed by atoms with Gasteiger partial charge in [-0.15, -0.1) is 13.2 Å². The van der Waals surface area contributed by atoms with Gasteiger partial charge in [0.25, 0.3) is 0 Å². The number of halogens is 3. The molecular weight excluding hydrogens is 451 g/mol. The summed E-state index contributed by atoms with van der Waals surface area (Å²) >= 11 is 0. The van der Waals surface area contributed by atoms with Gasteiger partial charge in [0, 0.05) is 42.7 Å². The molecule has 2 aromatic carbocycles. The summed E-state index contributed by atoms with van der Waals surface area (Å²) in [5.41, 5.74) is 1.37. The molecule has 2 amide bonds. The highest BCUT2D eigenvalue weighted by atomic mass is 19.4. The molecule has 10 heteroatoms. The number of para-hydroxylation sites is 1. The minimum Gasteiger partial charge on any atom is -0.406 e. The second-order valence-electron chi connectivity index (χ2n) is 8.05. The maximum absolute atomic E-state index is 13.2. The maximum atomic E-state index is 13.2. The van der Waals surface area contributed by atoms with Crippen molar-refractivity contribution in [3.63, 3.8) is 0 Å². The van der Waals surface area contributed by atoms with Crippen molar-refractivity contribution in [2.45, 2.75) is 38.6 Å². The molecule has 1 aliphatic heterocycles. The molecule has 1 fully saturated rings. The highest BCUT2D eigenvalue weighted by molar-refractivity contribution is 5.98. The van der Waals surface area contributed by atoms with Crippen LogP contribution >= 0.6 is 0 Å². The molecule has 1 atom stereocenters. The molecule has 3 aromatic rings. The number of fused-ring (bicyclic) bond motifs is 1. The van der Waals surface area contributed by atoms with Crippen LogP contribution < -0.4 is 10.1 Å². The van der Waals surface area contributed by atoms with E-state index in [2.05, 4.69) is 10.1 Å².